The summed E-state index contributed by atoms with van der Waals surface area (Å²) >= 11 is 6.49. The highest BCUT2D eigenvalue weighted by Crippen LogP contribution is 2.32. The van der Waals surface area contributed by atoms with Gasteiger partial charge in [-0.15, -0.1) is 0 Å². The molecule has 0 aromatic heterocycles. The van der Waals surface area contributed by atoms with Gasteiger partial charge < -0.3 is 19.7 Å². The zero-order valence-electron chi connectivity index (χ0n) is 21.2. The predicted molar refractivity (Wildman–Crippen MR) is 151 cm³/mol. The number of hydrogen-bond acceptors (Lipinski definition) is 8. The number of esters is 1. The molecule has 2 aromatic rings. The van der Waals surface area contributed by atoms with Gasteiger partial charge in [-0.3, -0.25) is 14.5 Å². The van der Waals surface area contributed by atoms with E-state index in [1.807, 2.05) is 31.2 Å². The van der Waals surface area contributed by atoms with Crippen molar-refractivity contribution in [3.05, 3.63) is 64.6 Å². The van der Waals surface area contributed by atoms with Gasteiger partial charge in [0.15, 0.2) is 0 Å². The highest BCUT2D eigenvalue weighted by atomic mass is 32.2. The third kappa shape index (κ3) is 8.14. The summed E-state index contributed by atoms with van der Waals surface area (Å²) in [4.78, 5) is 41.6. The summed E-state index contributed by atoms with van der Waals surface area (Å²) < 4.78 is 11.1. The van der Waals surface area contributed by atoms with E-state index in [1.165, 1.54) is 4.90 Å². The Kier molecular flexibility index (Phi) is 10.7. The first-order valence-electron chi connectivity index (χ1n) is 12.1. The Bertz CT molecular complexity index is 1150. The van der Waals surface area contributed by atoms with Crippen molar-refractivity contribution in [1.29, 1.82) is 0 Å². The van der Waals surface area contributed by atoms with Crippen molar-refractivity contribution in [2.45, 2.75) is 20.8 Å². The number of anilines is 1. The van der Waals surface area contributed by atoms with Crippen LogP contribution in [-0.4, -0.2) is 71.3 Å². The minimum atomic E-state index is -0.415. The van der Waals surface area contributed by atoms with E-state index in [-0.39, 0.29) is 12.5 Å². The SMILES string of the molecule is CCOc1ccc(C=C2SC(=S)N(CC(=O)Nc3ccc(C(=O)OCCN(CC)CC)cc3)C2=O)cc1. The number of ether oxygens (including phenoxy) is 2. The number of nitrogens with one attached hydrogen (secondary N) is 1. The molecule has 196 valence electrons. The van der Waals surface area contributed by atoms with Crippen LogP contribution in [0.2, 0.25) is 0 Å². The van der Waals surface area contributed by atoms with E-state index >= 15 is 0 Å². The molecule has 10 heteroatoms. The van der Waals surface area contributed by atoms with Crippen LogP contribution in [-0.2, 0) is 14.3 Å². The molecule has 1 fully saturated rings. The van der Waals surface area contributed by atoms with Crippen molar-refractivity contribution >= 4 is 57.8 Å². The zero-order valence-corrected chi connectivity index (χ0v) is 22.8. The molecule has 1 N–H and O–H groups in total. The smallest absolute Gasteiger partial charge is 0.338 e. The minimum Gasteiger partial charge on any atom is -0.494 e. The van der Waals surface area contributed by atoms with Crippen LogP contribution in [0.3, 0.4) is 0 Å². The van der Waals surface area contributed by atoms with Crippen LogP contribution in [0, 0.1) is 0 Å². The number of thiocarbonyl (C=S) groups is 1. The number of carbonyl (C=O) groups excluding carboxylic acids is 3. The molecule has 37 heavy (non-hydrogen) atoms. The zero-order chi connectivity index (χ0) is 26.8. The number of nitrogens with zero attached hydrogens (tertiary/aromatic N) is 2. The predicted octanol–water partition coefficient (Wildman–Crippen LogP) is 4.42. The van der Waals surface area contributed by atoms with Gasteiger partial charge in [0.05, 0.1) is 17.1 Å². The lowest BCUT2D eigenvalue weighted by Gasteiger charge is -2.17. The number of hydrogen-bond donors (Lipinski definition) is 1. The lowest BCUT2D eigenvalue weighted by atomic mass is 10.2. The molecule has 1 saturated heterocycles. The van der Waals surface area contributed by atoms with Crippen LogP contribution in [0.1, 0.15) is 36.7 Å². The molecule has 1 heterocycles. The van der Waals surface area contributed by atoms with Crippen molar-refractivity contribution in [3.63, 3.8) is 0 Å². The van der Waals surface area contributed by atoms with E-state index < -0.39 is 11.9 Å². The summed E-state index contributed by atoms with van der Waals surface area (Å²) in [5.74, 6) is -0.374. The Morgan fingerprint density at radius 1 is 1.05 bits per heavy atom. The fourth-order valence-corrected chi connectivity index (χ4v) is 4.79. The van der Waals surface area contributed by atoms with Gasteiger partial charge in [-0.05, 0) is 68.1 Å². The molecule has 0 unspecified atom stereocenters. The summed E-state index contributed by atoms with van der Waals surface area (Å²) in [7, 11) is 0. The monoisotopic (exact) mass is 541 g/mol. The number of amides is 2. The first-order chi connectivity index (χ1) is 17.8. The molecular weight excluding hydrogens is 510 g/mol. The highest BCUT2D eigenvalue weighted by molar-refractivity contribution is 8.26. The summed E-state index contributed by atoms with van der Waals surface area (Å²) in [6.45, 7) is 9.19. The number of rotatable bonds is 12. The molecule has 0 atom stereocenters. The molecule has 8 nitrogen and oxygen atoms in total. The molecule has 0 bridgehead atoms. The fourth-order valence-electron chi connectivity index (χ4n) is 3.54. The van der Waals surface area contributed by atoms with Crippen molar-refractivity contribution < 1.29 is 23.9 Å². The Labute approximate surface area is 227 Å². The second-order valence-corrected chi connectivity index (χ2v) is 9.73. The number of carbonyl (C=O) groups is 3. The van der Waals surface area contributed by atoms with E-state index in [0.717, 1.165) is 36.2 Å². The quantitative estimate of drug-likeness (QED) is 0.240. The lowest BCUT2D eigenvalue weighted by molar-refractivity contribution is -0.126. The van der Waals surface area contributed by atoms with Gasteiger partial charge >= 0.3 is 5.97 Å². The number of benzene rings is 2. The minimum absolute atomic E-state index is 0.208. The molecule has 0 aliphatic carbocycles. The van der Waals surface area contributed by atoms with Crippen LogP contribution in [0.15, 0.2) is 53.4 Å². The normalized spacial score (nSPS) is 14.4. The van der Waals surface area contributed by atoms with Crippen molar-refractivity contribution in [1.82, 2.24) is 9.80 Å². The molecule has 3 rings (SSSR count). The van der Waals surface area contributed by atoms with Crippen LogP contribution in [0.5, 0.6) is 5.75 Å². The second-order valence-electron chi connectivity index (χ2n) is 8.06. The molecule has 1 aliphatic rings. The maximum Gasteiger partial charge on any atom is 0.338 e. The van der Waals surface area contributed by atoms with E-state index in [4.69, 9.17) is 21.7 Å². The number of thioether (sulfide) groups is 1. The van der Waals surface area contributed by atoms with Crippen LogP contribution in [0.4, 0.5) is 5.69 Å². The third-order valence-corrected chi connectivity index (χ3v) is 6.98. The molecule has 2 aromatic carbocycles. The Morgan fingerprint density at radius 2 is 1.73 bits per heavy atom. The standard InChI is InChI=1S/C27H31N3O5S2/c1-4-29(5-2)15-16-35-26(33)20-9-11-21(12-10-20)28-24(31)18-30-25(32)23(37-27(30)36)17-19-7-13-22(14-8-19)34-6-3/h7-14,17H,4-6,15-16,18H2,1-3H3,(H,28,31). The average Bonchev–Trinajstić information content (AvgIpc) is 3.15. The maximum absolute atomic E-state index is 12.9. The second kappa shape index (κ2) is 13.9. The first kappa shape index (κ1) is 28.4. The molecule has 0 radical (unpaired) electrons. The third-order valence-electron chi connectivity index (χ3n) is 5.60. The van der Waals surface area contributed by atoms with Crippen molar-refractivity contribution in [2.75, 3.05) is 44.7 Å². The molecule has 0 saturated carbocycles. The van der Waals surface area contributed by atoms with Crippen molar-refractivity contribution in [3.8, 4) is 5.75 Å². The van der Waals surface area contributed by atoms with Gasteiger partial charge in [-0.1, -0.05) is 50.0 Å². The Balaban J connectivity index is 1.52. The Hall–Kier alpha value is -3.21. The largest absolute Gasteiger partial charge is 0.494 e. The number of likely N-dealkylation sites (N-methyl/N-ethyl adjacent to an activating group) is 1. The van der Waals surface area contributed by atoms with Gasteiger partial charge in [0.25, 0.3) is 5.91 Å². The van der Waals surface area contributed by atoms with E-state index in [0.29, 0.717) is 40.2 Å². The summed E-state index contributed by atoms with van der Waals surface area (Å²) in [6, 6.07) is 13.8. The van der Waals surface area contributed by atoms with E-state index in [9.17, 15) is 14.4 Å². The maximum atomic E-state index is 12.9. The molecule has 1 aliphatic heterocycles. The molecule has 2 amide bonds. The summed E-state index contributed by atoms with van der Waals surface area (Å²) in [5, 5.41) is 2.74. The van der Waals surface area contributed by atoms with Gasteiger partial charge in [-0.25, -0.2) is 4.79 Å². The summed E-state index contributed by atoms with van der Waals surface area (Å²) in [5.41, 5.74) is 1.73. The van der Waals surface area contributed by atoms with Crippen LogP contribution >= 0.6 is 24.0 Å². The van der Waals surface area contributed by atoms with E-state index in [1.54, 1.807) is 30.3 Å². The lowest BCUT2D eigenvalue weighted by Crippen LogP contribution is -2.36. The first-order valence-corrected chi connectivity index (χ1v) is 13.3. The van der Waals surface area contributed by atoms with Crippen molar-refractivity contribution in [2.24, 2.45) is 0 Å². The fraction of sp³-hybridized carbons (Fsp3) is 0.333. The van der Waals surface area contributed by atoms with Gasteiger partial charge in [0.1, 0.15) is 23.2 Å². The van der Waals surface area contributed by atoms with Gasteiger partial charge in [-0.2, -0.15) is 0 Å². The van der Waals surface area contributed by atoms with Crippen LogP contribution in [0.25, 0.3) is 6.08 Å². The molecule has 0 spiro atoms. The highest BCUT2D eigenvalue weighted by Gasteiger charge is 2.33. The van der Waals surface area contributed by atoms with Gasteiger partial charge in [0.2, 0.25) is 5.91 Å². The average molecular weight is 542 g/mol. The Morgan fingerprint density at radius 3 is 2.35 bits per heavy atom. The summed E-state index contributed by atoms with van der Waals surface area (Å²) in [6.07, 6.45) is 1.74. The molecular formula is C27H31N3O5S2. The van der Waals surface area contributed by atoms with E-state index in [2.05, 4.69) is 24.1 Å². The topological polar surface area (TPSA) is 88.2 Å². The van der Waals surface area contributed by atoms with Crippen LogP contribution < -0.4 is 10.1 Å². The van der Waals surface area contributed by atoms with Gasteiger partial charge in [0, 0.05) is 12.2 Å².